The Labute approximate surface area is 157 Å². The van der Waals surface area contributed by atoms with Gasteiger partial charge in [-0.15, -0.1) is 0 Å². The smallest absolute Gasteiger partial charge is 0.170 e. The summed E-state index contributed by atoms with van der Waals surface area (Å²) in [7, 11) is 0. The van der Waals surface area contributed by atoms with E-state index < -0.39 is 11.6 Å². The van der Waals surface area contributed by atoms with E-state index >= 15 is 0 Å². The van der Waals surface area contributed by atoms with Crippen LogP contribution < -0.4 is 5.73 Å². The number of allylic oxidation sites excluding steroid dienone is 1. The number of aromatic hydroxyl groups is 2. The normalized spacial score (nSPS) is 13.3. The molecule has 0 radical (unpaired) electrons. The van der Waals surface area contributed by atoms with Gasteiger partial charge in [0.1, 0.15) is 5.75 Å². The van der Waals surface area contributed by atoms with Gasteiger partial charge in [-0.25, -0.2) is 4.39 Å². The fourth-order valence-electron chi connectivity index (χ4n) is 3.22. The van der Waals surface area contributed by atoms with Gasteiger partial charge in [-0.2, -0.15) is 0 Å². The number of fused-ring (bicyclic) bond motifs is 1. The molecule has 0 saturated carbocycles. The van der Waals surface area contributed by atoms with Crippen molar-refractivity contribution in [2.75, 3.05) is 5.73 Å². The van der Waals surface area contributed by atoms with E-state index in [1.807, 2.05) is 0 Å². The lowest BCUT2D eigenvalue weighted by atomic mass is 9.97. The molecule has 0 unspecified atom stereocenters. The fraction of sp³-hybridized carbons (Fsp3) is 0.0526. The maximum atomic E-state index is 14.0. The van der Waals surface area contributed by atoms with Crippen LogP contribution in [0.2, 0.25) is 10.0 Å². The van der Waals surface area contributed by atoms with Gasteiger partial charge in [0.25, 0.3) is 0 Å². The summed E-state index contributed by atoms with van der Waals surface area (Å²) >= 11 is 12.2. The van der Waals surface area contributed by atoms with Crippen LogP contribution in [-0.4, -0.2) is 10.2 Å². The molecule has 3 aromatic rings. The molecule has 0 amide bonds. The summed E-state index contributed by atoms with van der Waals surface area (Å²) in [5.41, 5.74) is 9.56. The van der Waals surface area contributed by atoms with Crippen LogP contribution in [0.5, 0.6) is 11.5 Å². The number of nitrogens with two attached hydrogens (primary N) is 1. The maximum absolute atomic E-state index is 14.0. The van der Waals surface area contributed by atoms with Gasteiger partial charge in [-0.1, -0.05) is 23.2 Å². The minimum Gasteiger partial charge on any atom is -0.508 e. The van der Waals surface area contributed by atoms with Crippen molar-refractivity contribution in [2.24, 2.45) is 0 Å². The van der Waals surface area contributed by atoms with E-state index in [-0.39, 0.29) is 10.8 Å². The van der Waals surface area contributed by atoms with Gasteiger partial charge in [0, 0.05) is 23.1 Å². The van der Waals surface area contributed by atoms with Crippen LogP contribution in [0.1, 0.15) is 22.5 Å². The SMILES string of the molecule is Nc1ccoc1C1=C(c2cc(F)c(O)c(Cl)c2)Cc2c(Cl)cc(O)cc21. The number of hydrogen-bond donors (Lipinski definition) is 3. The first kappa shape index (κ1) is 16.8. The number of rotatable bonds is 2. The lowest BCUT2D eigenvalue weighted by Gasteiger charge is -2.10. The third-order valence-electron chi connectivity index (χ3n) is 4.39. The van der Waals surface area contributed by atoms with Crippen molar-refractivity contribution in [3.63, 3.8) is 0 Å². The van der Waals surface area contributed by atoms with Gasteiger partial charge in [0.15, 0.2) is 17.3 Å². The molecule has 4 nitrogen and oxygen atoms in total. The average Bonchev–Trinajstić information content (AvgIpc) is 3.15. The van der Waals surface area contributed by atoms with Crippen LogP contribution in [0.25, 0.3) is 11.1 Å². The molecule has 132 valence electrons. The van der Waals surface area contributed by atoms with Gasteiger partial charge >= 0.3 is 0 Å². The Morgan fingerprint density at radius 2 is 1.85 bits per heavy atom. The summed E-state index contributed by atoms with van der Waals surface area (Å²) in [6.45, 7) is 0. The largest absolute Gasteiger partial charge is 0.508 e. The van der Waals surface area contributed by atoms with Crippen LogP contribution in [0.15, 0.2) is 41.0 Å². The van der Waals surface area contributed by atoms with E-state index in [4.69, 9.17) is 33.4 Å². The number of halogens is 3. The van der Waals surface area contributed by atoms with Gasteiger partial charge in [0.2, 0.25) is 0 Å². The van der Waals surface area contributed by atoms with E-state index in [1.165, 1.54) is 24.5 Å². The molecule has 26 heavy (non-hydrogen) atoms. The summed E-state index contributed by atoms with van der Waals surface area (Å²) in [5, 5.41) is 19.8. The lowest BCUT2D eigenvalue weighted by molar-refractivity contribution is 0.432. The Hall–Kier alpha value is -2.63. The molecular weight excluding hydrogens is 380 g/mol. The second kappa shape index (κ2) is 5.97. The molecule has 0 fully saturated rings. The highest BCUT2D eigenvalue weighted by Gasteiger charge is 2.30. The third-order valence-corrected chi connectivity index (χ3v) is 5.02. The lowest BCUT2D eigenvalue weighted by Crippen LogP contribution is -1.93. The number of phenols is 2. The Bertz CT molecular complexity index is 1070. The van der Waals surface area contributed by atoms with Crippen LogP contribution in [-0.2, 0) is 6.42 Å². The molecular formula is C19H12Cl2FNO3. The van der Waals surface area contributed by atoms with Crippen molar-refractivity contribution in [3.8, 4) is 11.5 Å². The molecule has 1 aromatic heterocycles. The molecule has 0 spiro atoms. The summed E-state index contributed by atoms with van der Waals surface area (Å²) in [5.74, 6) is -1.06. The molecule has 1 aliphatic rings. The van der Waals surface area contributed by atoms with Crippen LogP contribution in [0.3, 0.4) is 0 Å². The fourth-order valence-corrected chi connectivity index (χ4v) is 3.71. The van der Waals surface area contributed by atoms with Crippen molar-refractivity contribution in [2.45, 2.75) is 6.42 Å². The highest BCUT2D eigenvalue weighted by molar-refractivity contribution is 6.33. The van der Waals surface area contributed by atoms with Crippen LogP contribution in [0.4, 0.5) is 10.1 Å². The zero-order chi connectivity index (χ0) is 18.6. The number of hydrogen-bond acceptors (Lipinski definition) is 4. The second-order valence-electron chi connectivity index (χ2n) is 5.98. The van der Waals surface area contributed by atoms with E-state index in [0.29, 0.717) is 45.2 Å². The zero-order valence-electron chi connectivity index (χ0n) is 13.2. The molecule has 0 saturated heterocycles. The Balaban J connectivity index is 2.03. The number of nitrogen functional groups attached to an aromatic ring is 1. The van der Waals surface area contributed by atoms with E-state index in [1.54, 1.807) is 12.1 Å². The van der Waals surface area contributed by atoms with Crippen molar-refractivity contribution in [3.05, 3.63) is 74.9 Å². The Morgan fingerprint density at radius 3 is 2.50 bits per heavy atom. The number of phenolic OH excluding ortho intramolecular Hbond substituents is 2. The molecule has 0 aliphatic heterocycles. The van der Waals surface area contributed by atoms with Crippen LogP contribution >= 0.6 is 23.2 Å². The highest BCUT2D eigenvalue weighted by Crippen LogP contribution is 2.48. The van der Waals surface area contributed by atoms with Gasteiger partial charge < -0.3 is 20.4 Å². The van der Waals surface area contributed by atoms with E-state index in [9.17, 15) is 14.6 Å². The number of benzene rings is 2. The molecule has 4 N–H and O–H groups in total. The zero-order valence-corrected chi connectivity index (χ0v) is 14.7. The summed E-state index contributed by atoms with van der Waals surface area (Å²) < 4.78 is 19.6. The maximum Gasteiger partial charge on any atom is 0.170 e. The van der Waals surface area contributed by atoms with Crippen molar-refractivity contribution in [1.82, 2.24) is 0 Å². The summed E-state index contributed by atoms with van der Waals surface area (Å²) in [4.78, 5) is 0. The first-order chi connectivity index (χ1) is 12.4. The van der Waals surface area contributed by atoms with Gasteiger partial charge in [0.05, 0.1) is 17.0 Å². The topological polar surface area (TPSA) is 79.6 Å². The quantitative estimate of drug-likeness (QED) is 0.558. The standard InChI is InChI=1S/C19H12Cl2FNO3/c20-13-6-9(24)5-12-11(13)7-10(17(12)19-16(23)1-2-26-19)8-3-14(21)18(25)15(22)4-8/h1-6,24-25H,7,23H2. The molecule has 4 rings (SSSR count). The van der Waals surface area contributed by atoms with Crippen LogP contribution in [0, 0.1) is 5.82 Å². The number of furan rings is 1. The Kier molecular flexibility index (Phi) is 3.86. The molecule has 0 atom stereocenters. The van der Waals surface area contributed by atoms with Gasteiger partial charge in [-0.05, 0) is 46.5 Å². The van der Waals surface area contributed by atoms with E-state index in [2.05, 4.69) is 0 Å². The minimum atomic E-state index is -0.836. The van der Waals surface area contributed by atoms with Gasteiger partial charge in [-0.3, -0.25) is 0 Å². The summed E-state index contributed by atoms with van der Waals surface area (Å²) in [6, 6.07) is 7.26. The first-order valence-electron chi connectivity index (χ1n) is 7.63. The second-order valence-corrected chi connectivity index (χ2v) is 6.79. The molecule has 0 bridgehead atoms. The minimum absolute atomic E-state index is 0.00690. The predicted octanol–water partition coefficient (Wildman–Crippen LogP) is 5.23. The van der Waals surface area contributed by atoms with Crippen molar-refractivity contribution in [1.29, 1.82) is 0 Å². The monoisotopic (exact) mass is 391 g/mol. The molecule has 7 heteroatoms. The van der Waals surface area contributed by atoms with Crippen molar-refractivity contribution < 1.29 is 19.0 Å². The Morgan fingerprint density at radius 1 is 1.08 bits per heavy atom. The highest BCUT2D eigenvalue weighted by atomic mass is 35.5. The predicted molar refractivity (Wildman–Crippen MR) is 98.9 cm³/mol. The van der Waals surface area contributed by atoms with E-state index in [0.717, 1.165) is 5.56 Å². The molecule has 1 heterocycles. The molecule has 1 aliphatic carbocycles. The third kappa shape index (κ3) is 2.52. The first-order valence-corrected chi connectivity index (χ1v) is 8.39. The molecule has 2 aromatic carbocycles. The summed E-state index contributed by atoms with van der Waals surface area (Å²) in [6.07, 6.45) is 1.81. The van der Waals surface area contributed by atoms with Crippen molar-refractivity contribution >= 4 is 40.0 Å². The number of anilines is 1. The average molecular weight is 392 g/mol.